The smallest absolute Gasteiger partial charge is 0.244 e. The second-order valence-electron chi connectivity index (χ2n) is 9.96. The Morgan fingerprint density at radius 1 is 1.18 bits per heavy atom. The number of nitrogens with one attached hydrogen (secondary N) is 1. The van der Waals surface area contributed by atoms with E-state index in [4.69, 9.17) is 11.6 Å². The van der Waals surface area contributed by atoms with E-state index in [0.717, 1.165) is 12.8 Å². The third-order valence-corrected chi connectivity index (χ3v) is 7.34. The van der Waals surface area contributed by atoms with E-state index >= 15 is 0 Å². The van der Waals surface area contributed by atoms with Gasteiger partial charge in [0.25, 0.3) is 0 Å². The van der Waals surface area contributed by atoms with Crippen molar-refractivity contribution >= 4 is 11.8 Å². The monoisotopic (exact) mass is 541 g/mol. The van der Waals surface area contributed by atoms with Crippen molar-refractivity contribution in [1.29, 1.82) is 0 Å². The number of alkyl halides is 1. The van der Waals surface area contributed by atoms with Gasteiger partial charge in [0.1, 0.15) is 24.6 Å². The molecule has 1 aliphatic heterocycles. The topological polar surface area (TPSA) is 121 Å². The Labute approximate surface area is 227 Å². The third-order valence-electron chi connectivity index (χ3n) is 7.34. The molecule has 2 heterocycles. The lowest BCUT2D eigenvalue weighted by atomic mass is 10.0. The summed E-state index contributed by atoms with van der Waals surface area (Å²) in [6.45, 7) is 4.60. The summed E-state index contributed by atoms with van der Waals surface area (Å²) in [6, 6.07) is 10.6. The lowest BCUT2D eigenvalue weighted by Gasteiger charge is -2.33. The summed E-state index contributed by atoms with van der Waals surface area (Å²) in [5, 5.41) is 4.10. The average Bonchev–Trinajstić information content (AvgIpc) is 3.70. The van der Waals surface area contributed by atoms with E-state index in [-0.39, 0.29) is 25.4 Å². The third kappa shape index (κ3) is 6.47. The Morgan fingerprint density at radius 2 is 1.87 bits per heavy atom. The summed E-state index contributed by atoms with van der Waals surface area (Å²) in [7, 11) is 0. The van der Waals surface area contributed by atoms with Gasteiger partial charge >= 0.3 is 0 Å². The molecule has 0 unspecified atom stereocenters. The molecule has 2 aliphatic rings. The molecule has 2 fully saturated rings. The molecule has 5 N–H and O–H groups in total. The number of carbonyl (C=O) groups is 2. The molecule has 1 aromatic carbocycles. The van der Waals surface area contributed by atoms with Crippen LogP contribution in [0, 0.1) is 5.95 Å². The van der Waals surface area contributed by atoms with Crippen LogP contribution >= 0.6 is 0 Å². The largest absolute Gasteiger partial charge is 0.402 e. The maximum absolute atomic E-state index is 14.8. The number of hydrazine groups is 1. The zero-order chi connectivity index (χ0) is 28.1. The number of amides is 2. The number of aromatic nitrogens is 1. The zero-order valence-corrected chi connectivity index (χ0v) is 22.4. The van der Waals surface area contributed by atoms with Gasteiger partial charge < -0.3 is 20.9 Å². The van der Waals surface area contributed by atoms with Gasteiger partial charge in [-0.25, -0.2) is 15.2 Å². The van der Waals surface area contributed by atoms with Gasteiger partial charge in [0.15, 0.2) is 0 Å². The van der Waals surface area contributed by atoms with Crippen LogP contribution in [0.15, 0.2) is 54.5 Å². The summed E-state index contributed by atoms with van der Waals surface area (Å²) in [6.07, 6.45) is 1.67. The number of nitrogens with zero attached hydrogens (tertiary/aromatic N) is 4. The molecule has 0 radical (unpaired) electrons. The van der Waals surface area contributed by atoms with Gasteiger partial charge in [-0.05, 0) is 44.2 Å². The molecule has 210 valence electrons. The predicted octanol–water partition coefficient (Wildman–Crippen LogP) is 2.52. The van der Waals surface area contributed by atoms with E-state index in [1.165, 1.54) is 16.1 Å². The highest BCUT2D eigenvalue weighted by Gasteiger charge is 2.41. The number of nitrogens with two attached hydrogens (primary N) is 2. The molecule has 1 aromatic heterocycles. The highest BCUT2D eigenvalue weighted by atomic mass is 19.1. The number of pyridine rings is 1. The first-order chi connectivity index (χ1) is 18.8. The summed E-state index contributed by atoms with van der Waals surface area (Å²) in [4.78, 5) is 34.0. The van der Waals surface area contributed by atoms with Crippen LogP contribution in [-0.2, 0) is 9.59 Å². The molecule has 1 saturated heterocycles. The summed E-state index contributed by atoms with van der Waals surface area (Å²) in [5.41, 5.74) is 7.34. The predicted molar refractivity (Wildman–Crippen MR) is 144 cm³/mol. The fourth-order valence-corrected chi connectivity index (χ4v) is 5.09. The lowest BCUT2D eigenvalue weighted by molar-refractivity contribution is -0.139. The van der Waals surface area contributed by atoms with Gasteiger partial charge in [-0.3, -0.25) is 14.6 Å². The number of benzene rings is 1. The Morgan fingerprint density at radius 3 is 2.46 bits per heavy atom. The number of carbonyl (C=O) groups excluding carboxylic acids is 2. The van der Waals surface area contributed by atoms with Crippen molar-refractivity contribution in [2.24, 2.45) is 11.6 Å². The van der Waals surface area contributed by atoms with Crippen molar-refractivity contribution in [2.45, 2.75) is 57.3 Å². The Kier molecular flexibility index (Phi) is 9.01. The molecule has 39 heavy (non-hydrogen) atoms. The molecule has 3 atom stereocenters. The fourth-order valence-electron chi connectivity index (χ4n) is 5.09. The van der Waals surface area contributed by atoms with Crippen LogP contribution < -0.4 is 16.9 Å². The summed E-state index contributed by atoms with van der Waals surface area (Å²) < 4.78 is 29.4. The highest BCUT2D eigenvalue weighted by molar-refractivity contribution is 5.89. The first-order valence-corrected chi connectivity index (χ1v) is 13.4. The van der Waals surface area contributed by atoms with Gasteiger partial charge in [-0.1, -0.05) is 36.4 Å². The van der Waals surface area contributed by atoms with Gasteiger partial charge in [-0.15, -0.1) is 0 Å². The SMILES string of the molecule is CCN(CC)/C(=C/N)N(N)CC(=O)N1C[C@H](F)C[C@H]1C(=O)N[C@@H](c1ccccc1)c1ccc(C2CC2)c(F)n1. The maximum atomic E-state index is 14.8. The number of halogens is 2. The Hall–Kier alpha value is -3.73. The first kappa shape index (κ1) is 28.3. The van der Waals surface area contributed by atoms with Gasteiger partial charge in [0.05, 0.1) is 18.3 Å². The molecule has 2 amide bonds. The molecular weight excluding hydrogens is 504 g/mol. The van der Waals surface area contributed by atoms with Crippen LogP contribution in [0.3, 0.4) is 0 Å². The van der Waals surface area contributed by atoms with E-state index < -0.39 is 36.0 Å². The number of hydrogen-bond donors (Lipinski definition) is 3. The molecular formula is C28H37F2N7O2. The molecule has 0 bridgehead atoms. The summed E-state index contributed by atoms with van der Waals surface area (Å²) in [5.74, 6) is 5.19. The Bertz CT molecular complexity index is 1190. The minimum absolute atomic E-state index is 0.151. The molecule has 11 heteroatoms. The van der Waals surface area contributed by atoms with Crippen molar-refractivity contribution < 1.29 is 18.4 Å². The van der Waals surface area contributed by atoms with E-state index in [0.29, 0.717) is 35.7 Å². The average molecular weight is 542 g/mol. The number of hydrogen-bond acceptors (Lipinski definition) is 7. The molecule has 4 rings (SSSR count). The van der Waals surface area contributed by atoms with Crippen molar-refractivity contribution in [1.82, 2.24) is 25.1 Å². The minimum Gasteiger partial charge on any atom is -0.402 e. The molecule has 1 saturated carbocycles. The van der Waals surface area contributed by atoms with Crippen molar-refractivity contribution in [3.05, 3.63) is 77.3 Å². The lowest BCUT2D eigenvalue weighted by Crippen LogP contribution is -2.51. The number of likely N-dealkylation sites (tertiary alicyclic amines) is 1. The van der Waals surface area contributed by atoms with Gasteiger partial charge in [-0.2, -0.15) is 4.39 Å². The Balaban J connectivity index is 1.53. The molecule has 9 nitrogen and oxygen atoms in total. The molecule has 2 aromatic rings. The van der Waals surface area contributed by atoms with E-state index in [2.05, 4.69) is 10.3 Å². The van der Waals surface area contributed by atoms with Gasteiger partial charge in [0, 0.05) is 31.3 Å². The summed E-state index contributed by atoms with van der Waals surface area (Å²) >= 11 is 0. The van der Waals surface area contributed by atoms with Crippen LogP contribution in [0.2, 0.25) is 0 Å². The van der Waals surface area contributed by atoms with Crippen molar-refractivity contribution in [3.8, 4) is 0 Å². The molecule has 1 aliphatic carbocycles. The van der Waals surface area contributed by atoms with Gasteiger partial charge in [0.2, 0.25) is 17.8 Å². The van der Waals surface area contributed by atoms with Crippen molar-refractivity contribution in [2.75, 3.05) is 26.2 Å². The highest BCUT2D eigenvalue weighted by Crippen LogP contribution is 2.41. The van der Waals surface area contributed by atoms with Crippen LogP contribution in [-0.4, -0.2) is 70.0 Å². The van der Waals surface area contributed by atoms with E-state index in [9.17, 15) is 18.4 Å². The van der Waals surface area contributed by atoms with Crippen LogP contribution in [0.4, 0.5) is 8.78 Å². The maximum Gasteiger partial charge on any atom is 0.244 e. The van der Waals surface area contributed by atoms with E-state index in [1.807, 2.05) is 24.8 Å². The normalized spacial score (nSPS) is 20.0. The van der Waals surface area contributed by atoms with Crippen molar-refractivity contribution in [3.63, 3.8) is 0 Å². The van der Waals surface area contributed by atoms with Crippen LogP contribution in [0.5, 0.6) is 0 Å². The van der Waals surface area contributed by atoms with E-state index in [1.54, 1.807) is 36.4 Å². The number of rotatable bonds is 11. The zero-order valence-electron chi connectivity index (χ0n) is 22.4. The fraction of sp³-hybridized carbons (Fsp3) is 0.464. The first-order valence-electron chi connectivity index (χ1n) is 13.4. The standard InChI is InChI=1S/C28H37F2N7O2/c1-3-35(4-2)24(15-31)37(32)17-25(38)36-16-20(29)14-23(36)28(39)34-26(19-8-6-5-7-9-19)22-13-12-21(18-10-11-18)27(30)33-22/h5-9,12-13,15,18,20,23,26H,3-4,10-11,14,16-17,31-32H2,1-2H3,(H,34,39)/b24-15-/t20-,23+,26+/m1/s1. The quantitative estimate of drug-likeness (QED) is 0.227. The molecule has 0 spiro atoms. The minimum atomic E-state index is -1.37. The second-order valence-corrected chi connectivity index (χ2v) is 9.96. The second kappa shape index (κ2) is 12.4. The van der Waals surface area contributed by atoms with Crippen LogP contribution in [0.1, 0.15) is 61.9 Å². The van der Waals surface area contributed by atoms with Crippen LogP contribution in [0.25, 0.3) is 0 Å².